The quantitative estimate of drug-likeness (QED) is 0.704. The van der Waals surface area contributed by atoms with Gasteiger partial charge in [0, 0.05) is 6.07 Å². The van der Waals surface area contributed by atoms with Crippen LogP contribution in [-0.4, -0.2) is 11.1 Å². The molecule has 0 atom stereocenters. The number of aromatic nitrogens is 1. The Morgan fingerprint density at radius 2 is 2.28 bits per heavy atom. The standard InChI is InChI=1S/C12H14N4O2/c1-7-5-8(16-18-7)6-15-11-9(12(14)17)3-2-4-10(11)13/h2-5,15H,6,13H2,1H3,(H2,14,17). The van der Waals surface area contributed by atoms with Crippen LogP contribution in [0.2, 0.25) is 0 Å². The van der Waals surface area contributed by atoms with E-state index in [1.54, 1.807) is 24.3 Å². The molecule has 2 aromatic rings. The second-order valence-electron chi connectivity index (χ2n) is 3.92. The van der Waals surface area contributed by atoms with E-state index >= 15 is 0 Å². The zero-order valence-electron chi connectivity index (χ0n) is 9.93. The van der Waals surface area contributed by atoms with Crippen LogP contribution in [0.25, 0.3) is 0 Å². The predicted octanol–water partition coefficient (Wildman–Crippen LogP) is 1.28. The average molecular weight is 246 g/mol. The first-order valence-corrected chi connectivity index (χ1v) is 5.42. The van der Waals surface area contributed by atoms with Crippen LogP contribution in [0.4, 0.5) is 11.4 Å². The summed E-state index contributed by atoms with van der Waals surface area (Å²) in [6.07, 6.45) is 0. The molecule has 0 saturated heterocycles. The summed E-state index contributed by atoms with van der Waals surface area (Å²) in [4.78, 5) is 11.3. The topological polar surface area (TPSA) is 107 Å². The molecule has 0 fully saturated rings. The molecule has 1 amide bonds. The molecule has 0 aliphatic rings. The van der Waals surface area contributed by atoms with Gasteiger partial charge in [-0.05, 0) is 19.1 Å². The maximum atomic E-state index is 11.3. The second-order valence-corrected chi connectivity index (χ2v) is 3.92. The molecule has 1 heterocycles. The number of amides is 1. The van der Waals surface area contributed by atoms with E-state index in [1.165, 1.54) is 0 Å². The Hall–Kier alpha value is -2.50. The first kappa shape index (κ1) is 12.0. The van der Waals surface area contributed by atoms with Crippen LogP contribution in [0.5, 0.6) is 0 Å². The summed E-state index contributed by atoms with van der Waals surface area (Å²) >= 11 is 0. The van der Waals surface area contributed by atoms with Crippen LogP contribution in [0.15, 0.2) is 28.8 Å². The zero-order valence-corrected chi connectivity index (χ0v) is 9.93. The van der Waals surface area contributed by atoms with Crippen LogP contribution in [0.1, 0.15) is 21.8 Å². The number of carbonyl (C=O) groups excluding carboxylic acids is 1. The number of anilines is 2. The Bertz CT molecular complexity index is 577. The highest BCUT2D eigenvalue weighted by Crippen LogP contribution is 2.23. The molecule has 0 spiro atoms. The molecule has 6 heteroatoms. The van der Waals surface area contributed by atoms with E-state index in [-0.39, 0.29) is 0 Å². The molecule has 2 rings (SSSR count). The predicted molar refractivity (Wildman–Crippen MR) is 67.9 cm³/mol. The van der Waals surface area contributed by atoms with Crippen molar-refractivity contribution in [3.05, 3.63) is 41.3 Å². The van der Waals surface area contributed by atoms with E-state index in [1.807, 2.05) is 6.92 Å². The lowest BCUT2D eigenvalue weighted by Gasteiger charge is -2.11. The van der Waals surface area contributed by atoms with Gasteiger partial charge in [-0.1, -0.05) is 11.2 Å². The second kappa shape index (κ2) is 4.79. The number of nitrogen functional groups attached to an aromatic ring is 1. The van der Waals surface area contributed by atoms with Gasteiger partial charge in [-0.15, -0.1) is 0 Å². The number of para-hydroxylation sites is 1. The number of aryl methyl sites for hydroxylation is 1. The molecule has 0 aliphatic heterocycles. The summed E-state index contributed by atoms with van der Waals surface area (Å²) < 4.78 is 4.95. The van der Waals surface area contributed by atoms with Crippen LogP contribution >= 0.6 is 0 Å². The average Bonchev–Trinajstić information content (AvgIpc) is 2.73. The number of nitrogens with zero attached hydrogens (tertiary/aromatic N) is 1. The third-order valence-corrected chi connectivity index (χ3v) is 2.49. The Balaban J connectivity index is 2.20. The van der Waals surface area contributed by atoms with Gasteiger partial charge in [0.25, 0.3) is 5.91 Å². The van der Waals surface area contributed by atoms with Gasteiger partial charge in [-0.25, -0.2) is 0 Å². The lowest BCUT2D eigenvalue weighted by atomic mass is 10.1. The minimum Gasteiger partial charge on any atom is -0.397 e. The number of hydrogen-bond donors (Lipinski definition) is 3. The van der Waals surface area contributed by atoms with E-state index < -0.39 is 5.91 Å². The van der Waals surface area contributed by atoms with Crippen LogP contribution in [0, 0.1) is 6.92 Å². The Labute approximate surface area is 104 Å². The van der Waals surface area contributed by atoms with E-state index in [2.05, 4.69) is 10.5 Å². The molecule has 5 N–H and O–H groups in total. The minimum absolute atomic E-state index is 0.357. The fourth-order valence-electron chi connectivity index (χ4n) is 1.65. The third kappa shape index (κ3) is 2.42. The van der Waals surface area contributed by atoms with Gasteiger partial charge in [0.2, 0.25) is 0 Å². The van der Waals surface area contributed by atoms with E-state index in [0.717, 1.165) is 11.5 Å². The summed E-state index contributed by atoms with van der Waals surface area (Å²) in [7, 11) is 0. The molecule has 1 aromatic heterocycles. The highest BCUT2D eigenvalue weighted by atomic mass is 16.5. The smallest absolute Gasteiger partial charge is 0.250 e. The first-order chi connectivity index (χ1) is 8.58. The highest BCUT2D eigenvalue weighted by Gasteiger charge is 2.11. The molecular weight excluding hydrogens is 232 g/mol. The molecular formula is C12H14N4O2. The van der Waals surface area contributed by atoms with Crippen molar-refractivity contribution in [3.63, 3.8) is 0 Å². The first-order valence-electron chi connectivity index (χ1n) is 5.42. The van der Waals surface area contributed by atoms with Crippen LogP contribution in [0.3, 0.4) is 0 Å². The number of nitrogens with two attached hydrogens (primary N) is 2. The van der Waals surface area contributed by atoms with Crippen LogP contribution < -0.4 is 16.8 Å². The number of nitrogens with one attached hydrogen (secondary N) is 1. The van der Waals surface area contributed by atoms with Crippen molar-refractivity contribution in [2.75, 3.05) is 11.1 Å². The van der Waals surface area contributed by atoms with Crippen molar-refractivity contribution >= 4 is 17.3 Å². The largest absolute Gasteiger partial charge is 0.397 e. The fourth-order valence-corrected chi connectivity index (χ4v) is 1.65. The third-order valence-electron chi connectivity index (χ3n) is 2.49. The Kier molecular flexibility index (Phi) is 3.18. The van der Waals surface area contributed by atoms with Crippen molar-refractivity contribution in [3.8, 4) is 0 Å². The summed E-state index contributed by atoms with van der Waals surface area (Å²) in [6, 6.07) is 6.80. The summed E-state index contributed by atoms with van der Waals surface area (Å²) in [6.45, 7) is 2.22. The van der Waals surface area contributed by atoms with Crippen molar-refractivity contribution in [2.45, 2.75) is 13.5 Å². The Morgan fingerprint density at radius 1 is 1.50 bits per heavy atom. The molecule has 0 radical (unpaired) electrons. The minimum atomic E-state index is -0.527. The number of rotatable bonds is 4. The summed E-state index contributed by atoms with van der Waals surface area (Å²) in [5.41, 5.74) is 13.2. The van der Waals surface area contributed by atoms with E-state index in [0.29, 0.717) is 23.5 Å². The molecule has 94 valence electrons. The van der Waals surface area contributed by atoms with Gasteiger partial charge < -0.3 is 21.3 Å². The fraction of sp³-hybridized carbons (Fsp3) is 0.167. The van der Waals surface area contributed by atoms with Crippen LogP contribution in [-0.2, 0) is 6.54 Å². The van der Waals surface area contributed by atoms with Crippen molar-refractivity contribution in [1.82, 2.24) is 5.16 Å². The summed E-state index contributed by atoms with van der Waals surface area (Å²) in [5.74, 6) is 0.198. The molecule has 0 aliphatic carbocycles. The van der Waals surface area contributed by atoms with Gasteiger partial charge in [-0.3, -0.25) is 4.79 Å². The molecule has 6 nitrogen and oxygen atoms in total. The monoisotopic (exact) mass is 246 g/mol. The molecule has 0 bridgehead atoms. The number of carbonyl (C=O) groups is 1. The van der Waals surface area contributed by atoms with Gasteiger partial charge >= 0.3 is 0 Å². The number of benzene rings is 1. The number of hydrogen-bond acceptors (Lipinski definition) is 5. The maximum Gasteiger partial charge on any atom is 0.250 e. The number of primary amides is 1. The van der Waals surface area contributed by atoms with E-state index in [9.17, 15) is 4.79 Å². The van der Waals surface area contributed by atoms with Crippen molar-refractivity contribution < 1.29 is 9.32 Å². The Morgan fingerprint density at radius 3 is 2.89 bits per heavy atom. The van der Waals surface area contributed by atoms with E-state index in [4.69, 9.17) is 16.0 Å². The van der Waals surface area contributed by atoms with Crippen molar-refractivity contribution in [2.24, 2.45) is 5.73 Å². The van der Waals surface area contributed by atoms with Gasteiger partial charge in [0.05, 0.1) is 23.5 Å². The lowest BCUT2D eigenvalue weighted by Crippen LogP contribution is -2.15. The van der Waals surface area contributed by atoms with Gasteiger partial charge in [-0.2, -0.15) is 0 Å². The van der Waals surface area contributed by atoms with Gasteiger partial charge in [0.15, 0.2) is 0 Å². The molecule has 1 aromatic carbocycles. The zero-order chi connectivity index (χ0) is 13.1. The SMILES string of the molecule is Cc1cc(CNc2c(N)cccc2C(N)=O)no1. The van der Waals surface area contributed by atoms with Crippen molar-refractivity contribution in [1.29, 1.82) is 0 Å². The lowest BCUT2D eigenvalue weighted by molar-refractivity contribution is 0.100. The highest BCUT2D eigenvalue weighted by molar-refractivity contribution is 6.01. The normalized spacial score (nSPS) is 10.3. The maximum absolute atomic E-state index is 11.3. The molecule has 0 saturated carbocycles. The molecule has 0 unspecified atom stereocenters. The molecule has 18 heavy (non-hydrogen) atoms. The summed E-state index contributed by atoms with van der Waals surface area (Å²) in [5, 5.41) is 6.88. The van der Waals surface area contributed by atoms with Gasteiger partial charge in [0.1, 0.15) is 11.5 Å².